The monoisotopic (exact) mass is 544 g/mol. The Hall–Kier alpha value is -3.74. The van der Waals surface area contributed by atoms with Gasteiger partial charge in [0.25, 0.3) is 0 Å². The number of carboxylic acids is 2. The maximum atomic E-state index is 11.9. The van der Waals surface area contributed by atoms with Crippen LogP contribution in [0.2, 0.25) is 0 Å². The summed E-state index contributed by atoms with van der Waals surface area (Å²) in [5.74, 6) is -5.83. The van der Waals surface area contributed by atoms with Crippen molar-refractivity contribution in [3.8, 4) is 0 Å². The van der Waals surface area contributed by atoms with Crippen molar-refractivity contribution >= 4 is 35.8 Å². The fourth-order valence-electron chi connectivity index (χ4n) is 2.45. The molecule has 0 saturated heterocycles. The summed E-state index contributed by atoms with van der Waals surface area (Å²) in [6.07, 6.45) is -1.50. The van der Waals surface area contributed by atoms with Crippen LogP contribution in [0.1, 0.15) is 46.5 Å². The molecule has 0 rings (SSSR count). The second-order valence-corrected chi connectivity index (χ2v) is 9.06. The fourth-order valence-corrected chi connectivity index (χ4v) is 2.45. The number of ether oxygens (including phenoxy) is 5. The number of carbonyl (C=O) groups is 6. The lowest BCUT2D eigenvalue weighted by molar-refractivity contribution is -0.157. The molecule has 214 valence electrons. The van der Waals surface area contributed by atoms with Crippen LogP contribution in [0.15, 0.2) is 24.3 Å². The van der Waals surface area contributed by atoms with Gasteiger partial charge in [-0.25, -0.2) is 9.59 Å². The van der Waals surface area contributed by atoms with Crippen molar-refractivity contribution in [3.63, 3.8) is 0 Å². The number of carbonyl (C=O) groups excluding carboxylic acids is 4. The Morgan fingerprint density at radius 2 is 1.11 bits per heavy atom. The number of aliphatic carboxylic acids is 2. The quantitative estimate of drug-likeness (QED) is 0.128. The van der Waals surface area contributed by atoms with E-state index in [2.05, 4.69) is 13.2 Å². The molecule has 2 N–H and O–H groups in total. The minimum Gasteiger partial charge on any atom is -0.481 e. The first-order chi connectivity index (χ1) is 17.6. The van der Waals surface area contributed by atoms with E-state index in [9.17, 15) is 28.8 Å². The average Bonchev–Trinajstić information content (AvgIpc) is 2.84. The topological polar surface area (TPSA) is 189 Å². The zero-order valence-electron chi connectivity index (χ0n) is 21.9. The summed E-state index contributed by atoms with van der Waals surface area (Å²) in [5.41, 5.74) is -0.753. The smallest absolute Gasteiger partial charge is 0.333 e. The first-order valence-corrected chi connectivity index (χ1v) is 11.6. The van der Waals surface area contributed by atoms with Crippen LogP contribution in [0.5, 0.6) is 0 Å². The van der Waals surface area contributed by atoms with Crippen molar-refractivity contribution < 1.29 is 62.7 Å². The van der Waals surface area contributed by atoms with E-state index in [0.29, 0.717) is 0 Å². The van der Waals surface area contributed by atoms with Gasteiger partial charge in [0, 0.05) is 11.1 Å². The molecule has 0 aliphatic heterocycles. The van der Waals surface area contributed by atoms with Gasteiger partial charge in [0.05, 0.1) is 63.4 Å². The summed E-state index contributed by atoms with van der Waals surface area (Å²) < 4.78 is 26.2. The molecule has 0 aromatic heterocycles. The van der Waals surface area contributed by atoms with E-state index in [4.69, 9.17) is 33.9 Å². The van der Waals surface area contributed by atoms with Crippen molar-refractivity contribution in [2.45, 2.75) is 46.5 Å². The molecule has 0 aliphatic carbocycles. The molecule has 38 heavy (non-hydrogen) atoms. The van der Waals surface area contributed by atoms with Crippen molar-refractivity contribution in [1.82, 2.24) is 0 Å². The van der Waals surface area contributed by atoms with Crippen molar-refractivity contribution in [1.29, 1.82) is 0 Å². The summed E-state index contributed by atoms with van der Waals surface area (Å²) in [4.78, 5) is 68.6. The highest BCUT2D eigenvalue weighted by atomic mass is 16.6. The van der Waals surface area contributed by atoms with Crippen LogP contribution in [0.3, 0.4) is 0 Å². The Labute approximate surface area is 220 Å². The highest BCUT2D eigenvalue weighted by Gasteiger charge is 2.30. The van der Waals surface area contributed by atoms with Crippen LogP contribution in [0.4, 0.5) is 0 Å². The summed E-state index contributed by atoms with van der Waals surface area (Å²) in [5, 5.41) is 17.4. The lowest BCUT2D eigenvalue weighted by atomic mass is 9.94. The van der Waals surface area contributed by atoms with Gasteiger partial charge >= 0.3 is 35.8 Å². The van der Waals surface area contributed by atoms with Crippen molar-refractivity contribution in [2.75, 3.05) is 39.6 Å². The molecule has 0 amide bonds. The molecule has 0 spiro atoms. The zero-order valence-corrected chi connectivity index (χ0v) is 21.9. The minimum absolute atomic E-state index is 0.104. The van der Waals surface area contributed by atoms with E-state index in [1.54, 1.807) is 6.92 Å². The molecule has 0 saturated carbocycles. The van der Waals surface area contributed by atoms with E-state index >= 15 is 0 Å². The van der Waals surface area contributed by atoms with E-state index in [-0.39, 0.29) is 63.6 Å². The van der Waals surface area contributed by atoms with Crippen LogP contribution in [0, 0.1) is 11.3 Å². The predicted octanol–water partition coefficient (Wildman–Crippen LogP) is 1.68. The fraction of sp³-hybridized carbons (Fsp3) is 0.600. The molecule has 0 heterocycles. The zero-order chi connectivity index (χ0) is 29.3. The molecule has 0 aliphatic rings. The molecular weight excluding hydrogens is 508 g/mol. The second kappa shape index (κ2) is 17.7. The number of rotatable bonds is 20. The second-order valence-electron chi connectivity index (χ2n) is 9.06. The van der Waals surface area contributed by atoms with Crippen LogP contribution >= 0.6 is 0 Å². The molecule has 0 bridgehead atoms. The molecule has 0 radical (unpaired) electrons. The highest BCUT2D eigenvalue weighted by Crippen LogP contribution is 2.20. The highest BCUT2D eigenvalue weighted by molar-refractivity contribution is 5.87. The van der Waals surface area contributed by atoms with Gasteiger partial charge < -0.3 is 33.9 Å². The minimum atomic E-state index is -1.16. The summed E-state index contributed by atoms with van der Waals surface area (Å²) in [7, 11) is 0. The normalized spacial score (nSPS) is 12.8. The van der Waals surface area contributed by atoms with Gasteiger partial charge in [-0.3, -0.25) is 19.2 Å². The maximum absolute atomic E-state index is 11.9. The number of carboxylic acid groups (broad SMARTS) is 2. The van der Waals surface area contributed by atoms with Crippen molar-refractivity contribution in [2.24, 2.45) is 11.3 Å². The number of hydrogen-bond acceptors (Lipinski definition) is 11. The van der Waals surface area contributed by atoms with Crippen LogP contribution in [-0.4, -0.2) is 85.7 Å². The molecule has 0 fully saturated rings. The lowest BCUT2D eigenvalue weighted by Gasteiger charge is -2.29. The van der Waals surface area contributed by atoms with Gasteiger partial charge in [0.1, 0.15) is 13.2 Å². The standard InChI is InChI=1S/C25H36O13/c1-16(2)23(32)36-12-18(11-35-21(30)8-6-19(26)27)10-34-13-25(5,15-38-24(33)17(3)4)14-37-22(31)9-7-20(28)29/h18H,1,3,6-15H2,2,4-5H3,(H,26,27)(H,28,29). The summed E-state index contributed by atoms with van der Waals surface area (Å²) in [6, 6.07) is 0. The number of hydrogen-bond donors (Lipinski definition) is 2. The van der Waals surface area contributed by atoms with E-state index < -0.39 is 60.0 Å². The Bertz CT molecular complexity index is 892. The molecule has 0 aromatic carbocycles. The first-order valence-electron chi connectivity index (χ1n) is 11.6. The summed E-state index contributed by atoms with van der Waals surface area (Å²) >= 11 is 0. The Balaban J connectivity index is 5.21. The molecule has 2 unspecified atom stereocenters. The maximum Gasteiger partial charge on any atom is 0.333 e. The van der Waals surface area contributed by atoms with Gasteiger partial charge in [-0.2, -0.15) is 0 Å². The predicted molar refractivity (Wildman–Crippen MR) is 130 cm³/mol. The van der Waals surface area contributed by atoms with E-state index in [1.807, 2.05) is 0 Å². The molecule has 13 nitrogen and oxygen atoms in total. The largest absolute Gasteiger partial charge is 0.481 e. The SMILES string of the molecule is C=C(C)C(=O)OCC(COCC(C)(COC(=O)CCC(=O)O)COC(=O)C(=C)C)COC(=O)CCC(=O)O. The van der Waals surface area contributed by atoms with Crippen LogP contribution < -0.4 is 0 Å². The third-order valence-corrected chi connectivity index (χ3v) is 4.65. The van der Waals surface area contributed by atoms with Gasteiger partial charge in [-0.15, -0.1) is 0 Å². The van der Waals surface area contributed by atoms with Crippen LogP contribution in [-0.2, 0) is 52.5 Å². The van der Waals surface area contributed by atoms with Gasteiger partial charge in [0.15, 0.2) is 0 Å². The summed E-state index contributed by atoms with van der Waals surface area (Å²) in [6.45, 7) is 10.3. The Kier molecular flexibility index (Phi) is 15.9. The van der Waals surface area contributed by atoms with E-state index in [0.717, 1.165) is 0 Å². The third kappa shape index (κ3) is 16.8. The van der Waals surface area contributed by atoms with Crippen LogP contribution in [0.25, 0.3) is 0 Å². The third-order valence-electron chi connectivity index (χ3n) is 4.65. The van der Waals surface area contributed by atoms with Crippen molar-refractivity contribution in [3.05, 3.63) is 24.3 Å². The average molecular weight is 545 g/mol. The molecular formula is C25H36O13. The molecule has 0 aromatic rings. The van der Waals surface area contributed by atoms with Gasteiger partial charge in [0.2, 0.25) is 0 Å². The Morgan fingerprint density at radius 3 is 1.61 bits per heavy atom. The molecule has 13 heteroatoms. The lowest BCUT2D eigenvalue weighted by Crippen LogP contribution is -2.37. The van der Waals surface area contributed by atoms with E-state index in [1.165, 1.54) is 13.8 Å². The first kappa shape index (κ1) is 34.3. The molecule has 2 atom stereocenters. The Morgan fingerprint density at radius 1 is 0.658 bits per heavy atom. The van der Waals surface area contributed by atoms with Gasteiger partial charge in [-0.1, -0.05) is 20.1 Å². The number of esters is 4. The van der Waals surface area contributed by atoms with Gasteiger partial charge in [-0.05, 0) is 13.8 Å².